The number of nitrogens with zero attached hydrogens (tertiary/aromatic N) is 2. The van der Waals surface area contributed by atoms with Gasteiger partial charge in [0.05, 0.1) is 0 Å². The Kier molecular flexibility index (Phi) is 2.56. The van der Waals surface area contributed by atoms with Crippen molar-refractivity contribution in [1.82, 2.24) is 10.1 Å². The van der Waals surface area contributed by atoms with Crippen molar-refractivity contribution in [2.75, 3.05) is 6.26 Å². The third kappa shape index (κ3) is 1.99. The lowest BCUT2D eigenvalue weighted by Gasteiger charge is -2.16. The summed E-state index contributed by atoms with van der Waals surface area (Å²) in [6, 6.07) is 0. The second kappa shape index (κ2) is 3.30. The number of carboxylic acid groups (broad SMARTS) is 1. The van der Waals surface area contributed by atoms with E-state index in [0.717, 1.165) is 6.26 Å². The highest BCUT2D eigenvalue weighted by Crippen LogP contribution is 2.27. The summed E-state index contributed by atoms with van der Waals surface area (Å²) in [6.45, 7) is 2.73. The molecule has 0 amide bonds. The molecule has 15 heavy (non-hydrogen) atoms. The van der Waals surface area contributed by atoms with E-state index in [2.05, 4.69) is 14.7 Å². The fourth-order valence-corrected chi connectivity index (χ4v) is 1.11. The molecular weight excluding hydrogens is 224 g/mol. The molecule has 84 valence electrons. The van der Waals surface area contributed by atoms with Gasteiger partial charge in [0.2, 0.25) is 5.89 Å². The van der Waals surface area contributed by atoms with Crippen LogP contribution in [0.1, 0.15) is 30.4 Å². The molecule has 0 saturated carbocycles. The number of rotatable bonds is 3. The minimum atomic E-state index is -3.46. The molecule has 0 aliphatic heterocycles. The standard InChI is InChI=1S/C7H10N2O5S/c1-7(2,15(3,12)13)6-8-4(5(10)11)9-14-6/h1-3H3,(H,10,11). The van der Waals surface area contributed by atoms with Gasteiger partial charge in [0.25, 0.3) is 5.82 Å². The first-order valence-electron chi connectivity index (χ1n) is 3.93. The van der Waals surface area contributed by atoms with Gasteiger partial charge >= 0.3 is 5.97 Å². The van der Waals surface area contributed by atoms with Crippen LogP contribution in [0.5, 0.6) is 0 Å². The molecule has 7 nitrogen and oxygen atoms in total. The fourth-order valence-electron chi connectivity index (χ4n) is 0.713. The maximum Gasteiger partial charge on any atom is 0.377 e. The van der Waals surface area contributed by atoms with Crippen LogP contribution in [0.4, 0.5) is 0 Å². The fraction of sp³-hybridized carbons (Fsp3) is 0.571. The van der Waals surface area contributed by atoms with Crippen LogP contribution in [0.15, 0.2) is 4.52 Å². The van der Waals surface area contributed by atoms with E-state index in [1.54, 1.807) is 0 Å². The smallest absolute Gasteiger partial charge is 0.377 e. The molecule has 1 N–H and O–H groups in total. The summed E-state index contributed by atoms with van der Waals surface area (Å²) in [5, 5.41) is 11.7. The third-order valence-electron chi connectivity index (χ3n) is 2.06. The third-order valence-corrected chi connectivity index (χ3v) is 4.09. The second-order valence-corrected chi connectivity index (χ2v) is 6.08. The molecule has 0 radical (unpaired) electrons. The van der Waals surface area contributed by atoms with Crippen LogP contribution in [0.3, 0.4) is 0 Å². The highest BCUT2D eigenvalue weighted by atomic mass is 32.2. The zero-order valence-corrected chi connectivity index (χ0v) is 9.20. The molecule has 1 heterocycles. The van der Waals surface area contributed by atoms with Crippen molar-refractivity contribution in [2.45, 2.75) is 18.6 Å². The van der Waals surface area contributed by atoms with Gasteiger partial charge in [-0.3, -0.25) is 0 Å². The van der Waals surface area contributed by atoms with Crippen LogP contribution < -0.4 is 0 Å². The lowest BCUT2D eigenvalue weighted by Crippen LogP contribution is -2.28. The Bertz CT molecular complexity index is 487. The molecular formula is C7H10N2O5S. The molecule has 0 spiro atoms. The lowest BCUT2D eigenvalue weighted by molar-refractivity contribution is 0.0680. The molecule has 0 aliphatic carbocycles. The van der Waals surface area contributed by atoms with Gasteiger partial charge in [0.1, 0.15) is 4.75 Å². The average Bonchev–Trinajstić information content (AvgIpc) is 2.49. The maximum atomic E-state index is 11.4. The molecule has 8 heteroatoms. The molecule has 0 fully saturated rings. The predicted octanol–water partition coefficient (Wildman–Crippen LogP) is 0.0475. The summed E-state index contributed by atoms with van der Waals surface area (Å²) in [5.74, 6) is -2.15. The van der Waals surface area contributed by atoms with Crippen molar-refractivity contribution in [2.24, 2.45) is 0 Å². The maximum absolute atomic E-state index is 11.4. The van der Waals surface area contributed by atoms with Gasteiger partial charge in [-0.25, -0.2) is 13.2 Å². The largest absolute Gasteiger partial charge is 0.475 e. The first-order valence-corrected chi connectivity index (χ1v) is 5.82. The predicted molar refractivity (Wildman–Crippen MR) is 49.1 cm³/mol. The Hall–Kier alpha value is -1.44. The van der Waals surface area contributed by atoms with E-state index >= 15 is 0 Å². The number of hydrogen-bond donors (Lipinski definition) is 1. The van der Waals surface area contributed by atoms with Crippen LogP contribution in [0.2, 0.25) is 0 Å². The van der Waals surface area contributed by atoms with E-state index in [4.69, 9.17) is 5.11 Å². The summed E-state index contributed by atoms with van der Waals surface area (Å²) in [5.41, 5.74) is 0. The van der Waals surface area contributed by atoms with Gasteiger partial charge in [-0.2, -0.15) is 4.98 Å². The van der Waals surface area contributed by atoms with Crippen LogP contribution in [-0.4, -0.2) is 35.9 Å². The van der Waals surface area contributed by atoms with Crippen molar-refractivity contribution in [1.29, 1.82) is 0 Å². The first kappa shape index (κ1) is 11.6. The molecule has 1 rings (SSSR count). The Morgan fingerprint density at radius 1 is 1.47 bits per heavy atom. The van der Waals surface area contributed by atoms with Crippen molar-refractivity contribution in [3.8, 4) is 0 Å². The van der Waals surface area contributed by atoms with Gasteiger partial charge in [-0.1, -0.05) is 0 Å². The van der Waals surface area contributed by atoms with E-state index < -0.39 is 26.4 Å². The molecule has 1 aromatic rings. The lowest BCUT2D eigenvalue weighted by atomic mass is 10.2. The van der Waals surface area contributed by atoms with Crippen LogP contribution in [-0.2, 0) is 14.6 Å². The van der Waals surface area contributed by atoms with E-state index in [9.17, 15) is 13.2 Å². The van der Waals surface area contributed by atoms with Crippen LogP contribution >= 0.6 is 0 Å². The zero-order chi connectivity index (χ0) is 11.9. The Labute approximate surface area is 86.0 Å². The number of aromatic nitrogens is 2. The van der Waals surface area contributed by atoms with Gasteiger partial charge in [-0.15, -0.1) is 0 Å². The summed E-state index contributed by atoms with van der Waals surface area (Å²) >= 11 is 0. The minimum absolute atomic E-state index is 0.234. The van der Waals surface area contributed by atoms with Crippen LogP contribution in [0, 0.1) is 0 Å². The molecule has 0 saturated heterocycles. The molecule has 0 aliphatic rings. The molecule has 0 atom stereocenters. The highest BCUT2D eigenvalue weighted by Gasteiger charge is 2.38. The van der Waals surface area contributed by atoms with E-state index in [1.165, 1.54) is 13.8 Å². The molecule has 0 aromatic carbocycles. The van der Waals surface area contributed by atoms with Crippen LogP contribution in [0.25, 0.3) is 0 Å². The minimum Gasteiger partial charge on any atom is -0.475 e. The van der Waals surface area contributed by atoms with Crippen molar-refractivity contribution >= 4 is 15.8 Å². The first-order chi connectivity index (χ1) is 6.66. The molecule has 0 unspecified atom stereocenters. The number of carboxylic acids is 1. The molecule has 0 bridgehead atoms. The van der Waals surface area contributed by atoms with Crippen molar-refractivity contribution in [3.05, 3.63) is 11.7 Å². The number of hydrogen-bond acceptors (Lipinski definition) is 6. The van der Waals surface area contributed by atoms with Gasteiger partial charge in [0.15, 0.2) is 9.84 Å². The summed E-state index contributed by atoms with van der Waals surface area (Å²) < 4.78 is 25.9. The van der Waals surface area contributed by atoms with E-state index in [-0.39, 0.29) is 5.89 Å². The molecule has 1 aromatic heterocycles. The average molecular weight is 234 g/mol. The van der Waals surface area contributed by atoms with Gasteiger partial charge in [0, 0.05) is 6.26 Å². The van der Waals surface area contributed by atoms with Crippen molar-refractivity contribution < 1.29 is 22.8 Å². The summed E-state index contributed by atoms with van der Waals surface area (Å²) in [7, 11) is -3.46. The number of carbonyl (C=O) groups is 1. The van der Waals surface area contributed by atoms with E-state index in [1.807, 2.05) is 0 Å². The van der Waals surface area contributed by atoms with Gasteiger partial charge < -0.3 is 9.63 Å². The highest BCUT2D eigenvalue weighted by molar-refractivity contribution is 7.91. The normalized spacial score (nSPS) is 12.7. The monoisotopic (exact) mass is 234 g/mol. The van der Waals surface area contributed by atoms with E-state index in [0.29, 0.717) is 0 Å². The SMILES string of the molecule is CC(C)(c1nc(C(=O)O)no1)S(C)(=O)=O. The number of aromatic carboxylic acids is 1. The second-order valence-electron chi connectivity index (χ2n) is 3.51. The Balaban J connectivity index is 3.23. The Morgan fingerprint density at radius 3 is 2.33 bits per heavy atom. The summed E-state index contributed by atoms with van der Waals surface area (Å²) in [4.78, 5) is 13.9. The van der Waals surface area contributed by atoms with Gasteiger partial charge in [-0.05, 0) is 19.0 Å². The zero-order valence-electron chi connectivity index (χ0n) is 8.38. The number of sulfone groups is 1. The quantitative estimate of drug-likeness (QED) is 0.786. The topological polar surface area (TPSA) is 110 Å². The Morgan fingerprint density at radius 2 is 2.00 bits per heavy atom. The van der Waals surface area contributed by atoms with Crippen molar-refractivity contribution in [3.63, 3.8) is 0 Å². The summed E-state index contributed by atoms with van der Waals surface area (Å²) in [6.07, 6.45) is 1.01.